The van der Waals surface area contributed by atoms with Crippen molar-refractivity contribution in [2.24, 2.45) is 0 Å². The summed E-state index contributed by atoms with van der Waals surface area (Å²) in [5.74, 6) is 0.894. The lowest BCUT2D eigenvalue weighted by molar-refractivity contribution is 0.584. The number of nitrogens with two attached hydrogens (primary N) is 1. The van der Waals surface area contributed by atoms with Crippen LogP contribution in [0.1, 0.15) is 5.56 Å². The van der Waals surface area contributed by atoms with Gasteiger partial charge >= 0.3 is 0 Å². The van der Waals surface area contributed by atoms with E-state index in [1.165, 1.54) is 0 Å². The zero-order valence-corrected chi connectivity index (χ0v) is 12.4. The highest BCUT2D eigenvalue weighted by atomic mass is 79.9. The van der Waals surface area contributed by atoms with Gasteiger partial charge in [0.1, 0.15) is 0 Å². The molecule has 1 aromatic heterocycles. The van der Waals surface area contributed by atoms with E-state index in [1.54, 1.807) is 0 Å². The number of aryl methyl sites for hydroxylation is 1. The molecule has 0 fully saturated rings. The molecule has 5 heteroatoms. The third-order valence-electron chi connectivity index (χ3n) is 2.97. The zero-order valence-electron chi connectivity index (χ0n) is 10.8. The Morgan fingerprint density at radius 2 is 1.70 bits per heavy atom. The first kappa shape index (κ1) is 12.9. The van der Waals surface area contributed by atoms with Crippen molar-refractivity contribution in [1.29, 1.82) is 0 Å². The number of benzene rings is 2. The van der Waals surface area contributed by atoms with Crippen LogP contribution in [-0.4, -0.2) is 10.2 Å². The van der Waals surface area contributed by atoms with Gasteiger partial charge in [-0.15, -0.1) is 10.2 Å². The third kappa shape index (κ3) is 2.32. The van der Waals surface area contributed by atoms with Gasteiger partial charge in [-0.05, 0) is 47.1 Å². The fourth-order valence-corrected chi connectivity index (χ4v) is 2.39. The largest absolute Gasteiger partial charge is 0.416 e. The van der Waals surface area contributed by atoms with Gasteiger partial charge in [-0.3, -0.25) is 0 Å². The Morgan fingerprint density at radius 1 is 1.00 bits per heavy atom. The van der Waals surface area contributed by atoms with Crippen molar-refractivity contribution in [1.82, 2.24) is 10.2 Å². The number of anilines is 1. The van der Waals surface area contributed by atoms with Crippen molar-refractivity contribution in [3.63, 3.8) is 0 Å². The second kappa shape index (κ2) is 5.09. The maximum atomic E-state index is 5.96. The molecule has 0 aliphatic carbocycles. The molecule has 0 aliphatic heterocycles. The van der Waals surface area contributed by atoms with E-state index < -0.39 is 0 Å². The van der Waals surface area contributed by atoms with E-state index >= 15 is 0 Å². The highest BCUT2D eigenvalue weighted by molar-refractivity contribution is 9.10. The molecule has 0 atom stereocenters. The van der Waals surface area contributed by atoms with Crippen LogP contribution < -0.4 is 5.73 Å². The van der Waals surface area contributed by atoms with Crippen LogP contribution in [0.4, 0.5) is 5.69 Å². The van der Waals surface area contributed by atoms with Gasteiger partial charge in [-0.25, -0.2) is 0 Å². The average molecular weight is 330 g/mol. The predicted molar refractivity (Wildman–Crippen MR) is 82.0 cm³/mol. The van der Waals surface area contributed by atoms with Crippen LogP contribution in [0.2, 0.25) is 0 Å². The van der Waals surface area contributed by atoms with Crippen LogP contribution in [0.25, 0.3) is 22.9 Å². The maximum Gasteiger partial charge on any atom is 0.250 e. The summed E-state index contributed by atoms with van der Waals surface area (Å²) in [5.41, 5.74) is 9.30. The van der Waals surface area contributed by atoms with Gasteiger partial charge in [0.05, 0.1) is 11.1 Å². The molecule has 2 aromatic carbocycles. The van der Waals surface area contributed by atoms with Crippen LogP contribution in [0.5, 0.6) is 0 Å². The zero-order chi connectivity index (χ0) is 14.1. The number of rotatable bonds is 2. The van der Waals surface area contributed by atoms with Crippen molar-refractivity contribution < 1.29 is 4.42 Å². The van der Waals surface area contributed by atoms with Crippen LogP contribution >= 0.6 is 15.9 Å². The van der Waals surface area contributed by atoms with Crippen LogP contribution in [0.3, 0.4) is 0 Å². The Bertz CT molecular complexity index is 767. The van der Waals surface area contributed by atoms with Crippen LogP contribution in [0, 0.1) is 6.92 Å². The van der Waals surface area contributed by atoms with Gasteiger partial charge in [0, 0.05) is 10.2 Å². The fourth-order valence-electron chi connectivity index (χ4n) is 1.93. The summed E-state index contributed by atoms with van der Waals surface area (Å²) in [6.45, 7) is 1.99. The third-order valence-corrected chi connectivity index (χ3v) is 3.66. The summed E-state index contributed by atoms with van der Waals surface area (Å²) < 4.78 is 6.65. The molecule has 0 saturated carbocycles. The molecule has 0 bridgehead atoms. The molecule has 0 radical (unpaired) electrons. The van der Waals surface area contributed by atoms with Gasteiger partial charge in [0.2, 0.25) is 11.8 Å². The van der Waals surface area contributed by atoms with Crippen molar-refractivity contribution in [2.45, 2.75) is 6.92 Å². The number of halogens is 1. The van der Waals surface area contributed by atoms with E-state index in [9.17, 15) is 0 Å². The number of hydrogen-bond donors (Lipinski definition) is 1. The summed E-state index contributed by atoms with van der Waals surface area (Å²) >= 11 is 3.47. The summed E-state index contributed by atoms with van der Waals surface area (Å²) in [5, 5.41) is 8.18. The maximum absolute atomic E-state index is 5.96. The molecule has 20 heavy (non-hydrogen) atoms. The van der Waals surface area contributed by atoms with E-state index in [1.807, 2.05) is 49.4 Å². The minimum atomic E-state index is 0.428. The van der Waals surface area contributed by atoms with Crippen LogP contribution in [-0.2, 0) is 0 Å². The second-order valence-electron chi connectivity index (χ2n) is 4.48. The molecule has 100 valence electrons. The Kier molecular flexibility index (Phi) is 3.28. The van der Waals surface area contributed by atoms with Gasteiger partial charge in [0.15, 0.2) is 0 Å². The minimum absolute atomic E-state index is 0.428. The second-order valence-corrected chi connectivity index (χ2v) is 5.34. The number of aromatic nitrogens is 2. The van der Waals surface area contributed by atoms with Crippen molar-refractivity contribution in [2.75, 3.05) is 5.73 Å². The standard InChI is InChI=1S/C15H12BrN3O/c1-9-6-7-13(17)11(8-9)15-19-18-14(20-15)10-4-2-3-5-12(10)16/h2-8H,17H2,1H3. The number of nitrogen functional groups attached to an aromatic ring is 1. The lowest BCUT2D eigenvalue weighted by Crippen LogP contribution is -1.90. The molecule has 4 nitrogen and oxygen atoms in total. The normalized spacial score (nSPS) is 10.7. The summed E-state index contributed by atoms with van der Waals surface area (Å²) in [6.07, 6.45) is 0. The molecule has 3 aromatic rings. The average Bonchev–Trinajstić information content (AvgIpc) is 2.91. The Morgan fingerprint density at radius 3 is 2.45 bits per heavy atom. The molecule has 2 N–H and O–H groups in total. The molecule has 0 unspecified atom stereocenters. The van der Waals surface area contributed by atoms with E-state index in [-0.39, 0.29) is 0 Å². The monoisotopic (exact) mass is 329 g/mol. The number of hydrogen-bond acceptors (Lipinski definition) is 4. The molecule has 0 spiro atoms. The smallest absolute Gasteiger partial charge is 0.250 e. The van der Waals surface area contributed by atoms with Gasteiger partial charge in [-0.1, -0.05) is 23.8 Å². The van der Waals surface area contributed by atoms with Crippen molar-refractivity contribution in [3.05, 3.63) is 52.5 Å². The summed E-state index contributed by atoms with van der Waals surface area (Å²) in [4.78, 5) is 0. The Balaban J connectivity index is 2.07. The van der Waals surface area contributed by atoms with Crippen molar-refractivity contribution >= 4 is 21.6 Å². The number of nitrogens with zero attached hydrogens (tertiary/aromatic N) is 2. The lowest BCUT2D eigenvalue weighted by Gasteiger charge is -2.02. The van der Waals surface area contributed by atoms with Crippen molar-refractivity contribution in [3.8, 4) is 22.9 Å². The molecule has 1 heterocycles. The molecular weight excluding hydrogens is 318 g/mol. The first-order valence-corrected chi connectivity index (χ1v) is 6.89. The van der Waals surface area contributed by atoms with Gasteiger partial charge in [-0.2, -0.15) is 0 Å². The highest BCUT2D eigenvalue weighted by Crippen LogP contribution is 2.31. The molecule has 0 aliphatic rings. The molecule has 0 saturated heterocycles. The lowest BCUT2D eigenvalue weighted by atomic mass is 10.1. The predicted octanol–water partition coefficient (Wildman–Crippen LogP) is 4.06. The summed E-state index contributed by atoms with van der Waals surface area (Å²) in [7, 11) is 0. The molecule has 0 amide bonds. The summed E-state index contributed by atoms with van der Waals surface area (Å²) in [6, 6.07) is 13.4. The SMILES string of the molecule is Cc1ccc(N)c(-c2nnc(-c3ccccc3Br)o2)c1. The molecule has 3 rings (SSSR count). The Hall–Kier alpha value is -2.14. The van der Waals surface area contributed by atoms with E-state index in [4.69, 9.17) is 10.2 Å². The Labute approximate surface area is 124 Å². The van der Waals surface area contributed by atoms with E-state index in [0.717, 1.165) is 21.2 Å². The first-order chi connectivity index (χ1) is 9.65. The van der Waals surface area contributed by atoms with E-state index in [2.05, 4.69) is 26.1 Å². The fraction of sp³-hybridized carbons (Fsp3) is 0.0667. The van der Waals surface area contributed by atoms with Gasteiger partial charge in [0.25, 0.3) is 0 Å². The molecular formula is C15H12BrN3O. The topological polar surface area (TPSA) is 64.9 Å². The quantitative estimate of drug-likeness (QED) is 0.720. The van der Waals surface area contributed by atoms with Gasteiger partial charge < -0.3 is 10.2 Å². The van der Waals surface area contributed by atoms with E-state index in [0.29, 0.717) is 17.5 Å². The first-order valence-electron chi connectivity index (χ1n) is 6.10. The highest BCUT2D eigenvalue weighted by Gasteiger charge is 2.14. The van der Waals surface area contributed by atoms with Crippen LogP contribution in [0.15, 0.2) is 51.4 Å². The minimum Gasteiger partial charge on any atom is -0.416 e.